The van der Waals surface area contributed by atoms with Gasteiger partial charge in [-0.1, -0.05) is 18.2 Å². The van der Waals surface area contributed by atoms with Gasteiger partial charge in [0.15, 0.2) is 0 Å². The summed E-state index contributed by atoms with van der Waals surface area (Å²) >= 11 is 0. The minimum Gasteiger partial charge on any atom is -0.487 e. The monoisotopic (exact) mass is 481 g/mol. The molecule has 4 rings (SSSR count). The minimum atomic E-state index is -0.338. The Morgan fingerprint density at radius 3 is 2.66 bits per heavy atom. The van der Waals surface area contributed by atoms with Crippen molar-refractivity contribution in [3.63, 3.8) is 0 Å². The van der Waals surface area contributed by atoms with E-state index >= 15 is 0 Å². The molecule has 2 aliphatic heterocycles. The molecular formula is C28H39N3O4. The third-order valence-corrected chi connectivity index (χ3v) is 7.23. The van der Waals surface area contributed by atoms with Gasteiger partial charge < -0.3 is 19.4 Å². The third-order valence-electron chi connectivity index (χ3n) is 7.23. The molecule has 1 N–H and O–H groups in total. The number of aromatic nitrogens is 1. The summed E-state index contributed by atoms with van der Waals surface area (Å²) in [5.41, 5.74) is 4.65. The zero-order valence-corrected chi connectivity index (χ0v) is 21.8. The number of fused-ring (bicyclic) bond motifs is 1. The van der Waals surface area contributed by atoms with Crippen molar-refractivity contribution in [1.82, 2.24) is 14.8 Å². The van der Waals surface area contributed by atoms with E-state index in [0.29, 0.717) is 24.6 Å². The molecule has 2 aromatic rings. The maximum atomic E-state index is 12.7. The summed E-state index contributed by atoms with van der Waals surface area (Å²) in [5, 5.41) is 3.11. The van der Waals surface area contributed by atoms with Crippen LogP contribution in [0.4, 0.5) is 0 Å². The first-order valence-corrected chi connectivity index (χ1v) is 12.8. The van der Waals surface area contributed by atoms with Gasteiger partial charge >= 0.3 is 5.97 Å². The quantitative estimate of drug-likeness (QED) is 0.577. The molecule has 35 heavy (non-hydrogen) atoms. The van der Waals surface area contributed by atoms with Crippen LogP contribution < -0.4 is 10.1 Å². The van der Waals surface area contributed by atoms with Crippen LogP contribution in [0.25, 0.3) is 0 Å². The molecule has 2 aliphatic rings. The average molecular weight is 482 g/mol. The number of carbonyl (C=O) groups excluding carboxylic acids is 2. The Kier molecular flexibility index (Phi) is 7.55. The molecule has 1 aromatic heterocycles. The van der Waals surface area contributed by atoms with Gasteiger partial charge in [0.05, 0.1) is 12.2 Å². The molecule has 7 nitrogen and oxygen atoms in total. The number of para-hydroxylation sites is 1. The number of nitrogens with zero attached hydrogens (tertiary/aromatic N) is 2. The Labute approximate surface area is 208 Å². The van der Waals surface area contributed by atoms with Crippen LogP contribution >= 0.6 is 0 Å². The van der Waals surface area contributed by atoms with Crippen LogP contribution in [0.15, 0.2) is 24.3 Å². The first-order chi connectivity index (χ1) is 16.7. The molecule has 7 heteroatoms. The van der Waals surface area contributed by atoms with E-state index in [2.05, 4.69) is 42.3 Å². The molecule has 0 aliphatic carbocycles. The number of benzene rings is 1. The maximum absolute atomic E-state index is 12.7. The summed E-state index contributed by atoms with van der Waals surface area (Å²) in [7, 11) is 0. The van der Waals surface area contributed by atoms with Crippen molar-refractivity contribution in [3.05, 3.63) is 52.3 Å². The number of carbonyl (C=O) groups is 2. The number of amides is 1. The van der Waals surface area contributed by atoms with Crippen molar-refractivity contribution >= 4 is 11.9 Å². The number of piperidine rings is 1. The fraction of sp³-hybridized carbons (Fsp3) is 0.571. The highest BCUT2D eigenvalue weighted by molar-refractivity contribution is 5.91. The third kappa shape index (κ3) is 5.89. The van der Waals surface area contributed by atoms with Crippen LogP contribution in [0.3, 0.4) is 0 Å². The number of likely N-dealkylation sites (tertiary alicyclic amines) is 1. The largest absolute Gasteiger partial charge is 0.487 e. The fourth-order valence-electron chi connectivity index (χ4n) is 5.31. The highest BCUT2D eigenvalue weighted by atomic mass is 16.5. The maximum Gasteiger partial charge on any atom is 0.339 e. The predicted octanol–water partition coefficient (Wildman–Crippen LogP) is 4.02. The molecular weight excluding hydrogens is 442 g/mol. The second kappa shape index (κ2) is 10.4. The van der Waals surface area contributed by atoms with E-state index < -0.39 is 0 Å². The SMILES string of the molecule is CCOC(=O)c1cc(C)n(CC(=O)NCC2CCN(Cc3cccc4c3OC(C)(C)C4)CC2)c1C. The Hall–Kier alpha value is -2.80. The van der Waals surface area contributed by atoms with E-state index in [-0.39, 0.29) is 24.0 Å². The molecule has 3 heterocycles. The zero-order valence-electron chi connectivity index (χ0n) is 21.8. The van der Waals surface area contributed by atoms with E-state index in [0.717, 1.165) is 56.0 Å². The highest BCUT2D eigenvalue weighted by Crippen LogP contribution is 2.38. The number of hydrogen-bond acceptors (Lipinski definition) is 5. The molecule has 0 saturated carbocycles. The van der Waals surface area contributed by atoms with Gasteiger partial charge in [-0.15, -0.1) is 0 Å². The number of esters is 1. The van der Waals surface area contributed by atoms with E-state index in [1.807, 2.05) is 18.4 Å². The Balaban J connectivity index is 1.24. The van der Waals surface area contributed by atoms with E-state index in [9.17, 15) is 9.59 Å². The molecule has 0 spiro atoms. The van der Waals surface area contributed by atoms with Crippen molar-refractivity contribution < 1.29 is 19.1 Å². The lowest BCUT2D eigenvalue weighted by atomic mass is 9.96. The van der Waals surface area contributed by atoms with Crippen molar-refractivity contribution in [2.45, 2.75) is 72.6 Å². The van der Waals surface area contributed by atoms with Crippen molar-refractivity contribution in [2.75, 3.05) is 26.2 Å². The summed E-state index contributed by atoms with van der Waals surface area (Å²) in [5.74, 6) is 1.20. The Morgan fingerprint density at radius 2 is 1.94 bits per heavy atom. The second-order valence-electron chi connectivity index (χ2n) is 10.6. The summed E-state index contributed by atoms with van der Waals surface area (Å²) in [6, 6.07) is 8.30. The fourth-order valence-corrected chi connectivity index (χ4v) is 5.31. The molecule has 0 unspecified atom stereocenters. The van der Waals surface area contributed by atoms with Crippen LogP contribution in [0.5, 0.6) is 5.75 Å². The van der Waals surface area contributed by atoms with Gasteiger partial charge in [0.25, 0.3) is 0 Å². The zero-order chi connectivity index (χ0) is 25.2. The van der Waals surface area contributed by atoms with Gasteiger partial charge in [0.1, 0.15) is 17.9 Å². The molecule has 1 saturated heterocycles. The van der Waals surface area contributed by atoms with Gasteiger partial charge in [-0.25, -0.2) is 4.79 Å². The molecule has 1 aromatic carbocycles. The number of nitrogens with one attached hydrogen (secondary N) is 1. The predicted molar refractivity (Wildman–Crippen MR) is 136 cm³/mol. The van der Waals surface area contributed by atoms with Crippen LogP contribution in [0.1, 0.15) is 66.5 Å². The first-order valence-electron chi connectivity index (χ1n) is 12.8. The number of ether oxygens (including phenoxy) is 2. The van der Waals surface area contributed by atoms with E-state index in [1.165, 1.54) is 11.1 Å². The van der Waals surface area contributed by atoms with Gasteiger partial charge in [-0.2, -0.15) is 0 Å². The lowest BCUT2D eigenvalue weighted by Gasteiger charge is -2.32. The molecule has 1 amide bonds. The molecule has 190 valence electrons. The van der Waals surface area contributed by atoms with Crippen LogP contribution in [0, 0.1) is 19.8 Å². The van der Waals surface area contributed by atoms with Gasteiger partial charge in [-0.3, -0.25) is 9.69 Å². The average Bonchev–Trinajstić information content (AvgIpc) is 3.28. The summed E-state index contributed by atoms with van der Waals surface area (Å²) in [6.07, 6.45) is 3.09. The topological polar surface area (TPSA) is 72.8 Å². The summed E-state index contributed by atoms with van der Waals surface area (Å²) in [6.45, 7) is 14.0. The van der Waals surface area contributed by atoms with Gasteiger partial charge in [0, 0.05) is 36.5 Å². The van der Waals surface area contributed by atoms with E-state index in [4.69, 9.17) is 9.47 Å². The summed E-state index contributed by atoms with van der Waals surface area (Å²) < 4.78 is 13.2. The Bertz CT molecular complexity index is 1080. The summed E-state index contributed by atoms with van der Waals surface area (Å²) in [4.78, 5) is 27.3. The molecule has 0 atom stereocenters. The number of hydrogen-bond donors (Lipinski definition) is 1. The lowest BCUT2D eigenvalue weighted by Crippen LogP contribution is -2.39. The normalized spacial score (nSPS) is 17.6. The van der Waals surface area contributed by atoms with Crippen molar-refractivity contribution in [2.24, 2.45) is 5.92 Å². The molecule has 0 bridgehead atoms. The Morgan fingerprint density at radius 1 is 1.20 bits per heavy atom. The van der Waals surface area contributed by atoms with E-state index in [1.54, 1.807) is 13.0 Å². The molecule has 1 fully saturated rings. The van der Waals surface area contributed by atoms with Crippen LogP contribution in [-0.2, 0) is 29.0 Å². The lowest BCUT2D eigenvalue weighted by molar-refractivity contribution is -0.122. The molecule has 0 radical (unpaired) electrons. The number of rotatable bonds is 8. The van der Waals surface area contributed by atoms with Crippen molar-refractivity contribution in [1.29, 1.82) is 0 Å². The minimum absolute atomic E-state index is 0.0238. The van der Waals surface area contributed by atoms with Gasteiger partial charge in [0.2, 0.25) is 5.91 Å². The standard InChI is InChI=1S/C28H39N3O4/c1-6-34-27(33)24-14-19(2)31(20(24)3)18-25(32)29-16-21-10-12-30(13-11-21)17-23-9-7-8-22-15-28(4,5)35-26(22)23/h7-9,14,21H,6,10-13,15-18H2,1-5H3,(H,29,32). The van der Waals surface area contributed by atoms with Crippen LogP contribution in [0.2, 0.25) is 0 Å². The smallest absolute Gasteiger partial charge is 0.339 e. The highest BCUT2D eigenvalue weighted by Gasteiger charge is 2.32. The van der Waals surface area contributed by atoms with Crippen molar-refractivity contribution in [3.8, 4) is 5.75 Å². The van der Waals surface area contributed by atoms with Gasteiger partial charge in [-0.05, 0) is 78.1 Å². The second-order valence-corrected chi connectivity index (χ2v) is 10.6. The number of aryl methyl sites for hydroxylation is 1. The first kappa shape index (κ1) is 25.3. The van der Waals surface area contributed by atoms with Crippen LogP contribution in [-0.4, -0.2) is 53.2 Å².